The van der Waals surface area contributed by atoms with E-state index >= 15 is 0 Å². The first-order chi connectivity index (χ1) is 8.72. The zero-order chi connectivity index (χ0) is 12.6. The molecular formula is C15H20FNO. The summed E-state index contributed by atoms with van der Waals surface area (Å²) in [5.41, 5.74) is 2.60. The third-order valence-corrected chi connectivity index (χ3v) is 4.37. The second-order valence-electron chi connectivity index (χ2n) is 5.45. The van der Waals surface area contributed by atoms with Crippen LogP contribution in [0.15, 0.2) is 24.3 Å². The molecule has 0 N–H and O–H groups in total. The van der Waals surface area contributed by atoms with Crippen molar-refractivity contribution in [1.82, 2.24) is 0 Å². The Kier molecular flexibility index (Phi) is 3.02. The fourth-order valence-corrected chi connectivity index (χ4v) is 2.96. The second-order valence-corrected chi connectivity index (χ2v) is 5.45. The molecule has 1 unspecified atom stereocenters. The predicted octanol–water partition coefficient (Wildman–Crippen LogP) is 3.48. The molecule has 1 aliphatic heterocycles. The lowest BCUT2D eigenvalue weighted by molar-refractivity contribution is -0.101. The molecule has 0 spiro atoms. The number of hydrogen-bond donors (Lipinski definition) is 0. The largest absolute Gasteiger partial charge is 0.365 e. The zero-order valence-corrected chi connectivity index (χ0v) is 10.9. The van der Waals surface area contributed by atoms with Crippen molar-refractivity contribution in [2.45, 2.75) is 37.5 Å². The summed E-state index contributed by atoms with van der Waals surface area (Å²) in [5, 5.41) is 0. The van der Waals surface area contributed by atoms with E-state index in [-0.39, 0.29) is 0 Å². The molecule has 2 nitrogen and oxygen atoms in total. The number of para-hydroxylation sites is 1. The topological polar surface area (TPSA) is 12.5 Å². The molecule has 3 rings (SSSR count). The Bertz CT molecular complexity index is 432. The van der Waals surface area contributed by atoms with Gasteiger partial charge >= 0.3 is 0 Å². The van der Waals surface area contributed by atoms with Gasteiger partial charge in [0.25, 0.3) is 0 Å². The van der Waals surface area contributed by atoms with Gasteiger partial charge in [0.15, 0.2) is 0 Å². The number of benzene rings is 1. The van der Waals surface area contributed by atoms with E-state index in [9.17, 15) is 4.39 Å². The summed E-state index contributed by atoms with van der Waals surface area (Å²) in [5.74, 6) is -0.787. The van der Waals surface area contributed by atoms with Crippen molar-refractivity contribution >= 4 is 5.69 Å². The van der Waals surface area contributed by atoms with Crippen molar-refractivity contribution in [3.8, 4) is 0 Å². The molecule has 0 aromatic heterocycles. The van der Waals surface area contributed by atoms with Crippen molar-refractivity contribution < 1.29 is 9.13 Å². The van der Waals surface area contributed by atoms with Crippen molar-refractivity contribution in [2.24, 2.45) is 0 Å². The van der Waals surface area contributed by atoms with Gasteiger partial charge in [0, 0.05) is 25.8 Å². The van der Waals surface area contributed by atoms with E-state index in [1.165, 1.54) is 37.6 Å². The Balaban J connectivity index is 1.84. The maximum atomic E-state index is 14.1. The molecule has 1 atom stereocenters. The Morgan fingerprint density at radius 3 is 2.72 bits per heavy atom. The standard InChI is InChI=1S/C15H20FNO/c1-18-15(16)9-10-17(11-15)14-8-3-2-7-13(14)12-5-4-6-12/h2-3,7-8,12H,4-6,9-11H2,1H3. The first-order valence-corrected chi connectivity index (χ1v) is 6.80. The van der Waals surface area contributed by atoms with Crippen molar-refractivity contribution in [3.63, 3.8) is 0 Å². The van der Waals surface area contributed by atoms with Crippen LogP contribution in [0.5, 0.6) is 0 Å². The summed E-state index contributed by atoms with van der Waals surface area (Å²) >= 11 is 0. The minimum absolute atomic E-state index is 0.354. The van der Waals surface area contributed by atoms with Crippen LogP contribution in [0.2, 0.25) is 0 Å². The number of methoxy groups -OCH3 is 1. The Morgan fingerprint density at radius 2 is 2.11 bits per heavy atom. The number of ether oxygens (including phenoxy) is 1. The smallest absolute Gasteiger partial charge is 0.228 e. The Hall–Kier alpha value is -1.09. The van der Waals surface area contributed by atoms with Gasteiger partial charge in [0.1, 0.15) is 0 Å². The number of rotatable bonds is 3. The van der Waals surface area contributed by atoms with E-state index in [0.29, 0.717) is 18.9 Å². The maximum Gasteiger partial charge on any atom is 0.228 e. The monoisotopic (exact) mass is 249 g/mol. The maximum absolute atomic E-state index is 14.1. The molecule has 0 bridgehead atoms. The molecule has 2 fully saturated rings. The number of nitrogens with zero attached hydrogens (tertiary/aromatic N) is 1. The van der Waals surface area contributed by atoms with E-state index in [0.717, 1.165) is 6.54 Å². The highest BCUT2D eigenvalue weighted by Crippen LogP contribution is 2.42. The van der Waals surface area contributed by atoms with Gasteiger partial charge in [0.05, 0.1) is 6.54 Å². The van der Waals surface area contributed by atoms with Crippen LogP contribution in [0, 0.1) is 0 Å². The summed E-state index contributed by atoms with van der Waals surface area (Å²) in [6.45, 7) is 1.10. The second kappa shape index (κ2) is 4.54. The molecule has 1 aliphatic carbocycles. The highest BCUT2D eigenvalue weighted by atomic mass is 19.2. The molecule has 1 saturated heterocycles. The van der Waals surface area contributed by atoms with Gasteiger partial charge in [-0.05, 0) is 30.4 Å². The minimum atomic E-state index is -1.47. The molecule has 1 aromatic carbocycles. The van der Waals surface area contributed by atoms with Crippen LogP contribution in [-0.4, -0.2) is 26.1 Å². The Morgan fingerprint density at radius 1 is 1.33 bits per heavy atom. The molecule has 3 heteroatoms. The average Bonchev–Trinajstić information content (AvgIpc) is 2.71. The third kappa shape index (κ3) is 2.01. The normalized spacial score (nSPS) is 28.4. The zero-order valence-electron chi connectivity index (χ0n) is 10.9. The first kappa shape index (κ1) is 12.0. The molecule has 98 valence electrons. The lowest BCUT2D eigenvalue weighted by atomic mass is 9.79. The molecule has 1 aromatic rings. The minimum Gasteiger partial charge on any atom is -0.365 e. The van der Waals surface area contributed by atoms with Crippen LogP contribution in [0.25, 0.3) is 0 Å². The fourth-order valence-electron chi connectivity index (χ4n) is 2.96. The fraction of sp³-hybridized carbons (Fsp3) is 0.600. The lowest BCUT2D eigenvalue weighted by Gasteiger charge is -2.31. The van der Waals surface area contributed by atoms with Crippen LogP contribution in [0.4, 0.5) is 10.1 Å². The third-order valence-electron chi connectivity index (χ3n) is 4.37. The van der Waals surface area contributed by atoms with Crippen LogP contribution in [0.1, 0.15) is 37.2 Å². The average molecular weight is 249 g/mol. The highest BCUT2D eigenvalue weighted by Gasteiger charge is 2.39. The van der Waals surface area contributed by atoms with Crippen molar-refractivity contribution in [3.05, 3.63) is 29.8 Å². The lowest BCUT2D eigenvalue weighted by Crippen LogP contribution is -2.31. The Labute approximate surface area is 108 Å². The van der Waals surface area contributed by atoms with Gasteiger partial charge in [-0.2, -0.15) is 0 Å². The summed E-state index contributed by atoms with van der Waals surface area (Å²) in [7, 11) is 1.46. The van der Waals surface area contributed by atoms with Gasteiger partial charge in [-0.1, -0.05) is 24.6 Å². The van der Waals surface area contributed by atoms with Gasteiger partial charge in [-0.25, -0.2) is 4.39 Å². The predicted molar refractivity (Wildman–Crippen MR) is 70.7 cm³/mol. The van der Waals surface area contributed by atoms with Gasteiger partial charge in [-0.3, -0.25) is 0 Å². The van der Waals surface area contributed by atoms with Crippen molar-refractivity contribution in [2.75, 3.05) is 25.1 Å². The summed E-state index contributed by atoms with van der Waals surface area (Å²) < 4.78 is 19.1. The summed E-state index contributed by atoms with van der Waals surface area (Å²) in [6.07, 6.45) is 4.33. The van der Waals surface area contributed by atoms with Crippen LogP contribution in [-0.2, 0) is 4.74 Å². The molecule has 18 heavy (non-hydrogen) atoms. The van der Waals surface area contributed by atoms with E-state index in [2.05, 4.69) is 23.1 Å². The SMILES string of the molecule is COC1(F)CCN(c2ccccc2C2CCC2)C1. The molecule has 1 heterocycles. The van der Waals surface area contributed by atoms with Crippen molar-refractivity contribution in [1.29, 1.82) is 0 Å². The summed E-state index contributed by atoms with van der Waals surface area (Å²) in [6, 6.07) is 8.45. The van der Waals surface area contributed by atoms with E-state index in [1.54, 1.807) is 0 Å². The van der Waals surface area contributed by atoms with Crippen LogP contribution < -0.4 is 4.90 Å². The van der Waals surface area contributed by atoms with Crippen LogP contribution >= 0.6 is 0 Å². The van der Waals surface area contributed by atoms with E-state index in [4.69, 9.17) is 4.74 Å². The molecule has 0 radical (unpaired) electrons. The van der Waals surface area contributed by atoms with E-state index < -0.39 is 5.85 Å². The number of halogens is 1. The molecule has 1 saturated carbocycles. The first-order valence-electron chi connectivity index (χ1n) is 6.80. The highest BCUT2D eigenvalue weighted by molar-refractivity contribution is 5.56. The number of hydrogen-bond acceptors (Lipinski definition) is 2. The van der Waals surface area contributed by atoms with Gasteiger partial charge in [-0.15, -0.1) is 0 Å². The molecular weight excluding hydrogens is 229 g/mol. The number of anilines is 1. The molecule has 0 amide bonds. The quantitative estimate of drug-likeness (QED) is 0.813. The molecule has 2 aliphatic rings. The van der Waals surface area contributed by atoms with Gasteiger partial charge in [0.2, 0.25) is 5.85 Å². The number of alkyl halides is 1. The van der Waals surface area contributed by atoms with E-state index in [1.807, 2.05) is 6.07 Å². The van der Waals surface area contributed by atoms with Crippen LogP contribution in [0.3, 0.4) is 0 Å². The van der Waals surface area contributed by atoms with Gasteiger partial charge < -0.3 is 9.64 Å². The summed E-state index contributed by atoms with van der Waals surface area (Å²) in [4.78, 5) is 2.14.